The molecule has 5 rings (SSSR count). The van der Waals surface area contributed by atoms with Gasteiger partial charge in [0, 0.05) is 25.8 Å². The van der Waals surface area contributed by atoms with Gasteiger partial charge in [-0.05, 0) is 52.8 Å². The lowest BCUT2D eigenvalue weighted by Crippen LogP contribution is -2.50. The number of esters is 1. The highest BCUT2D eigenvalue weighted by Crippen LogP contribution is 2.21. The van der Waals surface area contributed by atoms with E-state index in [2.05, 4.69) is 33.9 Å². The minimum Gasteiger partial charge on any atom is -0.461 e. The summed E-state index contributed by atoms with van der Waals surface area (Å²) in [7, 11) is 0. The van der Waals surface area contributed by atoms with E-state index in [1.165, 1.54) is 11.6 Å². The van der Waals surface area contributed by atoms with Crippen LogP contribution in [-0.2, 0) is 29.1 Å². The Hall–Kier alpha value is -4.27. The number of aromatic nitrogens is 1. The van der Waals surface area contributed by atoms with Crippen LogP contribution in [0.3, 0.4) is 0 Å². The van der Waals surface area contributed by atoms with Crippen LogP contribution in [-0.4, -0.2) is 28.9 Å². The molecule has 3 aromatic carbocycles. The number of ether oxygens (including phenoxy) is 1. The highest BCUT2D eigenvalue weighted by Gasteiger charge is 2.33. The van der Waals surface area contributed by atoms with Gasteiger partial charge in [0.1, 0.15) is 18.1 Å². The molecule has 184 valence electrons. The molecule has 1 fully saturated rings. The van der Waals surface area contributed by atoms with Crippen molar-refractivity contribution in [2.24, 2.45) is 5.92 Å². The third-order valence-corrected chi connectivity index (χ3v) is 6.36. The largest absolute Gasteiger partial charge is 0.461 e. The molecule has 4 nitrogen and oxygen atoms in total. The zero-order valence-corrected chi connectivity index (χ0v) is 20.4. The number of pyridine rings is 1. The zero-order chi connectivity index (χ0) is 25.5. The fourth-order valence-corrected chi connectivity index (χ4v) is 4.28. The SMILES string of the molecule is O=C(OCc1ccccc1)C1CN(Cc2ccc(C#Cc3ccc(Cc4ccccc4)cn3)c(F)c2)C1. The van der Waals surface area contributed by atoms with Crippen LogP contribution in [0.5, 0.6) is 0 Å². The fraction of sp³-hybridized carbons (Fsp3) is 0.188. The molecule has 0 unspecified atom stereocenters. The fourth-order valence-electron chi connectivity index (χ4n) is 4.28. The van der Waals surface area contributed by atoms with Crippen molar-refractivity contribution in [3.05, 3.63) is 137 Å². The van der Waals surface area contributed by atoms with Crippen molar-refractivity contribution >= 4 is 5.97 Å². The number of carbonyl (C=O) groups is 1. The lowest BCUT2D eigenvalue weighted by atomic mass is 9.99. The molecule has 0 N–H and O–H groups in total. The monoisotopic (exact) mass is 490 g/mol. The van der Waals surface area contributed by atoms with Gasteiger partial charge >= 0.3 is 5.97 Å². The number of benzene rings is 3. The molecule has 0 aliphatic carbocycles. The molecule has 0 atom stereocenters. The van der Waals surface area contributed by atoms with Crippen LogP contribution in [0.2, 0.25) is 0 Å². The van der Waals surface area contributed by atoms with Gasteiger partial charge in [-0.3, -0.25) is 9.69 Å². The van der Waals surface area contributed by atoms with Gasteiger partial charge in [-0.15, -0.1) is 0 Å². The molecule has 0 bridgehead atoms. The normalized spacial score (nSPS) is 13.3. The van der Waals surface area contributed by atoms with E-state index in [9.17, 15) is 9.18 Å². The Balaban J connectivity index is 1.10. The summed E-state index contributed by atoms with van der Waals surface area (Å²) in [6.45, 7) is 2.10. The third-order valence-electron chi connectivity index (χ3n) is 6.36. The number of nitrogens with zero attached hydrogens (tertiary/aromatic N) is 2. The summed E-state index contributed by atoms with van der Waals surface area (Å²) in [6.07, 6.45) is 2.62. The van der Waals surface area contributed by atoms with Crippen LogP contribution >= 0.6 is 0 Å². The Morgan fingerprint density at radius 2 is 1.57 bits per heavy atom. The van der Waals surface area contributed by atoms with E-state index in [0.29, 0.717) is 30.9 Å². The van der Waals surface area contributed by atoms with Crippen LogP contribution in [0.4, 0.5) is 4.39 Å². The van der Waals surface area contributed by atoms with Crippen LogP contribution in [0, 0.1) is 23.6 Å². The molecule has 1 saturated heterocycles. The molecule has 5 heteroatoms. The predicted octanol–water partition coefficient (Wildman–Crippen LogP) is 5.39. The summed E-state index contributed by atoms with van der Waals surface area (Å²) in [5.74, 6) is 5.18. The quantitative estimate of drug-likeness (QED) is 0.258. The van der Waals surface area contributed by atoms with E-state index in [1.807, 2.05) is 72.9 Å². The summed E-state index contributed by atoms with van der Waals surface area (Å²) >= 11 is 0. The minimum absolute atomic E-state index is 0.134. The van der Waals surface area contributed by atoms with Crippen LogP contribution in [0.1, 0.15) is 33.5 Å². The molecular weight excluding hydrogens is 463 g/mol. The lowest BCUT2D eigenvalue weighted by Gasteiger charge is -2.37. The average molecular weight is 491 g/mol. The van der Waals surface area contributed by atoms with Crippen LogP contribution < -0.4 is 0 Å². The second-order valence-corrected chi connectivity index (χ2v) is 9.26. The molecule has 1 aliphatic heterocycles. The van der Waals surface area contributed by atoms with Gasteiger partial charge in [-0.25, -0.2) is 9.37 Å². The second kappa shape index (κ2) is 11.6. The molecule has 0 amide bonds. The van der Waals surface area contributed by atoms with E-state index < -0.39 is 0 Å². The van der Waals surface area contributed by atoms with Crippen LogP contribution in [0.15, 0.2) is 97.2 Å². The Bertz CT molecular complexity index is 1400. The number of halogens is 1. The Morgan fingerprint density at radius 1 is 0.865 bits per heavy atom. The Labute approximate surface area is 216 Å². The Morgan fingerprint density at radius 3 is 2.24 bits per heavy atom. The topological polar surface area (TPSA) is 42.4 Å². The average Bonchev–Trinajstić information content (AvgIpc) is 2.91. The molecule has 37 heavy (non-hydrogen) atoms. The van der Waals surface area contributed by atoms with E-state index >= 15 is 0 Å². The van der Waals surface area contributed by atoms with Crippen molar-refractivity contribution in [3.8, 4) is 11.8 Å². The first-order valence-corrected chi connectivity index (χ1v) is 12.3. The number of likely N-dealkylation sites (tertiary alicyclic amines) is 1. The first-order valence-electron chi connectivity index (χ1n) is 12.3. The molecule has 1 aromatic heterocycles. The van der Waals surface area contributed by atoms with Gasteiger partial charge in [-0.2, -0.15) is 0 Å². The van der Waals surface area contributed by atoms with Crippen molar-refractivity contribution in [2.45, 2.75) is 19.6 Å². The first kappa shape index (κ1) is 24.4. The maximum Gasteiger partial charge on any atom is 0.311 e. The van der Waals surface area contributed by atoms with E-state index in [1.54, 1.807) is 6.07 Å². The van der Waals surface area contributed by atoms with E-state index in [0.717, 1.165) is 23.1 Å². The van der Waals surface area contributed by atoms with Gasteiger partial charge in [0.2, 0.25) is 0 Å². The van der Waals surface area contributed by atoms with Gasteiger partial charge in [0.25, 0.3) is 0 Å². The highest BCUT2D eigenvalue weighted by molar-refractivity contribution is 5.74. The van der Waals surface area contributed by atoms with E-state index in [-0.39, 0.29) is 24.3 Å². The number of rotatable bonds is 7. The van der Waals surface area contributed by atoms with Crippen molar-refractivity contribution in [3.63, 3.8) is 0 Å². The maximum atomic E-state index is 14.7. The lowest BCUT2D eigenvalue weighted by molar-refractivity contribution is -0.156. The molecule has 0 spiro atoms. The molecule has 1 aliphatic rings. The summed E-state index contributed by atoms with van der Waals surface area (Å²) in [5.41, 5.74) is 5.09. The van der Waals surface area contributed by atoms with Gasteiger partial charge < -0.3 is 4.74 Å². The second-order valence-electron chi connectivity index (χ2n) is 9.26. The third kappa shape index (κ3) is 6.69. The molecular formula is C32H27FN2O2. The Kier molecular flexibility index (Phi) is 7.69. The summed E-state index contributed by atoms with van der Waals surface area (Å²) in [4.78, 5) is 18.8. The van der Waals surface area contributed by atoms with Gasteiger partial charge in [-0.1, -0.05) is 78.7 Å². The van der Waals surface area contributed by atoms with E-state index in [4.69, 9.17) is 4.74 Å². The predicted molar refractivity (Wildman–Crippen MR) is 141 cm³/mol. The number of carbonyl (C=O) groups excluding carboxylic acids is 1. The smallest absolute Gasteiger partial charge is 0.311 e. The van der Waals surface area contributed by atoms with Crippen molar-refractivity contribution in [1.29, 1.82) is 0 Å². The summed E-state index contributed by atoms with van der Waals surface area (Å²) in [5, 5.41) is 0. The molecule has 0 radical (unpaired) electrons. The molecule has 0 saturated carbocycles. The number of hydrogen-bond donors (Lipinski definition) is 0. The van der Waals surface area contributed by atoms with Crippen LogP contribution in [0.25, 0.3) is 0 Å². The maximum absolute atomic E-state index is 14.7. The molecule has 4 aromatic rings. The van der Waals surface area contributed by atoms with Crippen molar-refractivity contribution in [1.82, 2.24) is 9.88 Å². The zero-order valence-electron chi connectivity index (χ0n) is 20.4. The first-order chi connectivity index (χ1) is 18.1. The summed E-state index contributed by atoms with van der Waals surface area (Å²) < 4.78 is 20.1. The van der Waals surface area contributed by atoms with Crippen molar-refractivity contribution < 1.29 is 13.9 Å². The van der Waals surface area contributed by atoms with Crippen molar-refractivity contribution in [2.75, 3.05) is 13.1 Å². The van der Waals surface area contributed by atoms with Gasteiger partial charge in [0.15, 0.2) is 0 Å². The summed E-state index contributed by atoms with van der Waals surface area (Å²) in [6, 6.07) is 28.8. The standard InChI is InChI=1S/C32H27FN2O2/c33-31-18-27(20-35-21-29(22-35)32(36)37-23-25-9-5-2-6-10-25)11-13-28(31)14-16-30-15-12-26(19-34-30)17-24-7-3-1-4-8-24/h1-13,15,18-19,29H,17,20-23H2. The molecule has 2 heterocycles. The number of hydrogen-bond acceptors (Lipinski definition) is 4. The minimum atomic E-state index is -0.356. The highest BCUT2D eigenvalue weighted by atomic mass is 19.1. The van der Waals surface area contributed by atoms with Gasteiger partial charge in [0.05, 0.1) is 11.5 Å².